The van der Waals surface area contributed by atoms with Crippen molar-refractivity contribution < 1.29 is 8.42 Å². The molecule has 0 unspecified atom stereocenters. The van der Waals surface area contributed by atoms with Crippen LogP contribution in [-0.4, -0.2) is 18.9 Å². The van der Waals surface area contributed by atoms with Crippen molar-refractivity contribution in [2.45, 2.75) is 49.0 Å². The van der Waals surface area contributed by atoms with E-state index in [0.717, 1.165) is 25.7 Å². The molecule has 1 saturated carbocycles. The van der Waals surface area contributed by atoms with Crippen LogP contribution >= 0.6 is 27.5 Å². The van der Waals surface area contributed by atoms with Gasteiger partial charge in [0.2, 0.25) is 10.0 Å². The monoisotopic (exact) mass is 391 g/mol. The van der Waals surface area contributed by atoms with E-state index in [1.54, 1.807) is 0 Å². The highest BCUT2D eigenvalue weighted by Gasteiger charge is 2.36. The van der Waals surface area contributed by atoms with E-state index in [0.29, 0.717) is 17.3 Å². The Morgan fingerprint density at radius 3 is 2.52 bits per heavy atom. The van der Waals surface area contributed by atoms with Gasteiger partial charge in [-0.2, -0.15) is 9.98 Å². The summed E-state index contributed by atoms with van der Waals surface area (Å²) in [6.07, 6.45) is 6.16. The third-order valence-electron chi connectivity index (χ3n) is 3.56. The molecule has 0 atom stereocenters. The second-order valence-corrected chi connectivity index (χ2v) is 8.08. The number of nitrogens with zero attached hydrogens (tertiary/aromatic N) is 2. The van der Waals surface area contributed by atoms with Gasteiger partial charge in [-0.25, -0.2) is 13.4 Å². The summed E-state index contributed by atoms with van der Waals surface area (Å²) in [5.74, 6) is 0. The highest BCUT2D eigenvalue weighted by Crippen LogP contribution is 2.30. The molecule has 8 heteroatoms. The molecule has 1 N–H and O–H groups in total. The van der Waals surface area contributed by atoms with Crippen LogP contribution in [0.1, 0.15) is 38.5 Å². The molecule has 1 fully saturated rings. The molecule has 0 spiro atoms. The fourth-order valence-electron chi connectivity index (χ4n) is 2.47. The van der Waals surface area contributed by atoms with E-state index in [1.165, 1.54) is 12.3 Å². The molecule has 0 radical (unpaired) electrons. The summed E-state index contributed by atoms with van der Waals surface area (Å²) in [5, 5.41) is 9.36. The largest absolute Gasteiger partial charge is 0.245 e. The fraction of sp³-hybridized carbons (Fsp3) is 0.538. The first-order valence-corrected chi connectivity index (χ1v) is 9.30. The van der Waals surface area contributed by atoms with Crippen LogP contribution in [0, 0.1) is 11.3 Å². The molecular formula is C13H15BrClN3O2S. The van der Waals surface area contributed by atoms with Crippen LogP contribution in [0.3, 0.4) is 0 Å². The van der Waals surface area contributed by atoms with Crippen molar-refractivity contribution in [1.82, 2.24) is 9.71 Å². The molecule has 0 aromatic carbocycles. The number of pyridine rings is 1. The van der Waals surface area contributed by atoms with Gasteiger partial charge in [0.05, 0.1) is 6.07 Å². The molecule has 0 aliphatic heterocycles. The summed E-state index contributed by atoms with van der Waals surface area (Å²) in [6, 6.07) is 3.54. The molecule has 0 bridgehead atoms. The topological polar surface area (TPSA) is 82.9 Å². The zero-order chi connectivity index (χ0) is 15.5. The van der Waals surface area contributed by atoms with E-state index >= 15 is 0 Å². The number of hydrogen-bond donors (Lipinski definition) is 1. The lowest BCUT2D eigenvalue weighted by Gasteiger charge is -2.26. The van der Waals surface area contributed by atoms with Crippen LogP contribution in [0.4, 0.5) is 0 Å². The first-order valence-electron chi connectivity index (χ1n) is 6.65. The summed E-state index contributed by atoms with van der Waals surface area (Å²) in [4.78, 5) is 3.71. The molecule has 1 aliphatic rings. The van der Waals surface area contributed by atoms with Crippen molar-refractivity contribution in [2.24, 2.45) is 0 Å². The number of sulfonamides is 1. The lowest BCUT2D eigenvalue weighted by atomic mass is 9.94. The van der Waals surface area contributed by atoms with Gasteiger partial charge in [0.25, 0.3) is 0 Å². The van der Waals surface area contributed by atoms with Crippen molar-refractivity contribution in [3.05, 3.63) is 21.9 Å². The Bertz CT molecular complexity index is 664. The minimum absolute atomic E-state index is 0.104. The second-order valence-electron chi connectivity index (χ2n) is 5.16. The fourth-order valence-corrected chi connectivity index (χ4v) is 4.80. The Hall–Kier alpha value is -0.680. The van der Waals surface area contributed by atoms with Crippen LogP contribution in [0.5, 0.6) is 0 Å². The van der Waals surface area contributed by atoms with Crippen molar-refractivity contribution in [2.75, 3.05) is 0 Å². The van der Waals surface area contributed by atoms with Gasteiger partial charge in [0.1, 0.15) is 15.6 Å². The van der Waals surface area contributed by atoms with Crippen molar-refractivity contribution >= 4 is 37.6 Å². The zero-order valence-electron chi connectivity index (χ0n) is 11.3. The molecule has 1 aromatic rings. The minimum atomic E-state index is -3.90. The number of nitriles is 1. The molecule has 1 aliphatic carbocycles. The summed E-state index contributed by atoms with van der Waals surface area (Å²) >= 11 is 9.06. The summed E-state index contributed by atoms with van der Waals surface area (Å²) in [5.41, 5.74) is -1.05. The zero-order valence-corrected chi connectivity index (χ0v) is 14.4. The Kier molecular flexibility index (Phi) is 5.25. The predicted octanol–water partition coefficient (Wildman–Crippen LogP) is 3.39. The van der Waals surface area contributed by atoms with Crippen LogP contribution in [0.15, 0.2) is 21.6 Å². The second kappa shape index (κ2) is 6.61. The van der Waals surface area contributed by atoms with E-state index in [9.17, 15) is 13.7 Å². The maximum Gasteiger partial charge on any atom is 0.245 e. The predicted molar refractivity (Wildman–Crippen MR) is 83.3 cm³/mol. The van der Waals surface area contributed by atoms with Gasteiger partial charge in [-0.15, -0.1) is 0 Å². The molecule has 1 aromatic heterocycles. The maximum absolute atomic E-state index is 12.5. The normalized spacial score (nSPS) is 18.7. The molecular weight excluding hydrogens is 378 g/mol. The van der Waals surface area contributed by atoms with Gasteiger partial charge in [-0.1, -0.05) is 37.3 Å². The van der Waals surface area contributed by atoms with Crippen LogP contribution in [-0.2, 0) is 10.0 Å². The quantitative estimate of drug-likeness (QED) is 0.631. The highest BCUT2D eigenvalue weighted by molar-refractivity contribution is 9.10. The lowest BCUT2D eigenvalue weighted by molar-refractivity contribution is 0.422. The maximum atomic E-state index is 12.5. The first-order chi connectivity index (χ1) is 9.88. The highest BCUT2D eigenvalue weighted by atomic mass is 79.9. The lowest BCUT2D eigenvalue weighted by Crippen LogP contribution is -2.47. The molecule has 21 heavy (non-hydrogen) atoms. The van der Waals surface area contributed by atoms with Crippen molar-refractivity contribution in [1.29, 1.82) is 5.26 Å². The van der Waals surface area contributed by atoms with E-state index in [4.69, 9.17) is 11.6 Å². The molecule has 0 saturated heterocycles. The standard InChI is InChI=1S/C13H15BrClN3O2S/c14-10-7-11(12(15)17-8-10)21(19,20)18-13(9-16)5-3-1-2-4-6-13/h7-8,18H,1-6H2. The number of nitrogens with one attached hydrogen (secondary N) is 1. The minimum Gasteiger partial charge on any atom is -0.242 e. The third kappa shape index (κ3) is 3.95. The average molecular weight is 393 g/mol. The van der Waals surface area contributed by atoms with Crippen LogP contribution in [0.25, 0.3) is 0 Å². The van der Waals surface area contributed by atoms with Gasteiger partial charge >= 0.3 is 0 Å². The molecule has 5 nitrogen and oxygen atoms in total. The van der Waals surface area contributed by atoms with E-state index in [2.05, 4.69) is 31.7 Å². The Morgan fingerprint density at radius 2 is 1.95 bits per heavy atom. The van der Waals surface area contributed by atoms with Gasteiger partial charge in [-0.05, 0) is 34.8 Å². The molecule has 1 heterocycles. The Labute approximate surface area is 137 Å². The molecule has 2 rings (SSSR count). The molecule has 114 valence electrons. The Balaban J connectivity index is 2.35. The summed E-state index contributed by atoms with van der Waals surface area (Å²) < 4.78 is 28.1. The van der Waals surface area contributed by atoms with E-state index in [-0.39, 0.29) is 10.0 Å². The van der Waals surface area contributed by atoms with Crippen molar-refractivity contribution in [3.8, 4) is 6.07 Å². The number of hydrogen-bond acceptors (Lipinski definition) is 4. The van der Waals surface area contributed by atoms with Gasteiger partial charge < -0.3 is 0 Å². The average Bonchev–Trinajstić information content (AvgIpc) is 2.67. The third-order valence-corrected chi connectivity index (χ3v) is 5.96. The van der Waals surface area contributed by atoms with Gasteiger partial charge in [0, 0.05) is 10.7 Å². The Morgan fingerprint density at radius 1 is 1.33 bits per heavy atom. The smallest absolute Gasteiger partial charge is 0.242 e. The van der Waals surface area contributed by atoms with Crippen molar-refractivity contribution in [3.63, 3.8) is 0 Å². The van der Waals surface area contributed by atoms with E-state index in [1.807, 2.05) is 0 Å². The summed E-state index contributed by atoms with van der Waals surface area (Å²) in [6.45, 7) is 0. The number of aromatic nitrogens is 1. The molecule has 0 amide bonds. The SMILES string of the molecule is N#CC1(NS(=O)(=O)c2cc(Br)cnc2Cl)CCCCCC1. The summed E-state index contributed by atoms with van der Waals surface area (Å²) in [7, 11) is -3.90. The van der Waals surface area contributed by atoms with Gasteiger partial charge in [-0.3, -0.25) is 0 Å². The number of halogens is 2. The number of rotatable bonds is 3. The first kappa shape index (κ1) is 16.7. The van der Waals surface area contributed by atoms with Gasteiger partial charge in [0.15, 0.2) is 0 Å². The van der Waals surface area contributed by atoms with Crippen LogP contribution < -0.4 is 4.72 Å². The van der Waals surface area contributed by atoms with E-state index < -0.39 is 15.6 Å². The van der Waals surface area contributed by atoms with Crippen LogP contribution in [0.2, 0.25) is 5.15 Å².